The lowest BCUT2D eigenvalue weighted by Gasteiger charge is -2.17. The van der Waals surface area contributed by atoms with Gasteiger partial charge < -0.3 is 15.4 Å². The van der Waals surface area contributed by atoms with Gasteiger partial charge in [-0.2, -0.15) is 5.10 Å². The molecule has 1 atom stereocenters. The zero-order valence-corrected chi connectivity index (χ0v) is 17.6. The van der Waals surface area contributed by atoms with Gasteiger partial charge in [-0.1, -0.05) is 51.1 Å². The first-order valence-electron chi connectivity index (χ1n) is 9.66. The summed E-state index contributed by atoms with van der Waals surface area (Å²) in [7, 11) is 1.61. The number of anilines is 2. The van der Waals surface area contributed by atoms with Crippen LogP contribution in [-0.2, 0) is 10.2 Å². The van der Waals surface area contributed by atoms with Crippen LogP contribution in [0.25, 0.3) is 5.69 Å². The molecule has 2 aromatic carbocycles. The van der Waals surface area contributed by atoms with Crippen molar-refractivity contribution < 1.29 is 9.53 Å². The molecule has 0 aliphatic carbocycles. The van der Waals surface area contributed by atoms with Crippen molar-refractivity contribution in [3.05, 3.63) is 66.4 Å². The number of hydrogen-bond acceptors (Lipinski definition) is 4. The summed E-state index contributed by atoms with van der Waals surface area (Å²) in [6, 6.07) is 18.8. The summed E-state index contributed by atoms with van der Waals surface area (Å²) in [5.74, 6) is 1.17. The number of nitrogens with one attached hydrogen (secondary N) is 2. The van der Waals surface area contributed by atoms with Crippen molar-refractivity contribution >= 4 is 17.4 Å². The van der Waals surface area contributed by atoms with Crippen LogP contribution in [-0.4, -0.2) is 28.8 Å². The van der Waals surface area contributed by atoms with Crippen molar-refractivity contribution in [3.63, 3.8) is 0 Å². The van der Waals surface area contributed by atoms with Gasteiger partial charge in [0.2, 0.25) is 5.91 Å². The molecule has 0 unspecified atom stereocenters. The lowest BCUT2D eigenvalue weighted by Crippen LogP contribution is -2.32. The van der Waals surface area contributed by atoms with Crippen molar-refractivity contribution in [2.24, 2.45) is 0 Å². The molecular weight excluding hydrogens is 364 g/mol. The van der Waals surface area contributed by atoms with Crippen LogP contribution in [0.15, 0.2) is 60.7 Å². The molecule has 0 spiro atoms. The van der Waals surface area contributed by atoms with Crippen LogP contribution in [0.2, 0.25) is 0 Å². The molecule has 3 rings (SSSR count). The van der Waals surface area contributed by atoms with E-state index in [1.165, 1.54) is 0 Å². The number of amides is 1. The summed E-state index contributed by atoms with van der Waals surface area (Å²) in [6.07, 6.45) is 0. The van der Waals surface area contributed by atoms with Crippen LogP contribution < -0.4 is 15.4 Å². The second kappa shape index (κ2) is 8.39. The van der Waals surface area contributed by atoms with Gasteiger partial charge in [-0.15, -0.1) is 0 Å². The van der Waals surface area contributed by atoms with Gasteiger partial charge in [0.25, 0.3) is 0 Å². The molecule has 152 valence electrons. The van der Waals surface area contributed by atoms with E-state index in [-0.39, 0.29) is 11.3 Å². The monoisotopic (exact) mass is 392 g/mol. The number of rotatable bonds is 6. The van der Waals surface area contributed by atoms with E-state index in [4.69, 9.17) is 9.84 Å². The minimum Gasteiger partial charge on any atom is -0.495 e. The summed E-state index contributed by atoms with van der Waals surface area (Å²) in [6.45, 7) is 8.11. The van der Waals surface area contributed by atoms with Crippen molar-refractivity contribution in [1.82, 2.24) is 9.78 Å². The van der Waals surface area contributed by atoms with Crippen LogP contribution in [0, 0.1) is 0 Å². The average molecular weight is 393 g/mol. The Morgan fingerprint density at radius 1 is 1.07 bits per heavy atom. The van der Waals surface area contributed by atoms with Crippen molar-refractivity contribution in [2.45, 2.75) is 39.2 Å². The second-order valence-electron chi connectivity index (χ2n) is 7.97. The predicted molar refractivity (Wildman–Crippen MR) is 117 cm³/mol. The van der Waals surface area contributed by atoms with Gasteiger partial charge in [-0.05, 0) is 31.2 Å². The molecule has 29 heavy (non-hydrogen) atoms. The number of aromatic nitrogens is 2. The average Bonchev–Trinajstić information content (AvgIpc) is 3.13. The van der Waals surface area contributed by atoms with E-state index in [9.17, 15) is 4.79 Å². The Morgan fingerprint density at radius 3 is 2.38 bits per heavy atom. The fourth-order valence-electron chi connectivity index (χ4n) is 2.90. The van der Waals surface area contributed by atoms with Crippen LogP contribution >= 0.6 is 0 Å². The molecule has 2 N–H and O–H groups in total. The molecule has 0 saturated carbocycles. The van der Waals surface area contributed by atoms with Crippen LogP contribution in [0.4, 0.5) is 11.5 Å². The maximum atomic E-state index is 12.9. The highest BCUT2D eigenvalue weighted by Gasteiger charge is 2.23. The third-order valence-electron chi connectivity index (χ3n) is 4.60. The van der Waals surface area contributed by atoms with E-state index in [0.717, 1.165) is 17.1 Å². The largest absolute Gasteiger partial charge is 0.495 e. The maximum Gasteiger partial charge on any atom is 0.247 e. The summed E-state index contributed by atoms with van der Waals surface area (Å²) >= 11 is 0. The molecule has 1 amide bonds. The van der Waals surface area contributed by atoms with Gasteiger partial charge in [-0.25, -0.2) is 4.68 Å². The van der Waals surface area contributed by atoms with Crippen molar-refractivity contribution in [3.8, 4) is 11.4 Å². The number of carbonyl (C=O) groups is 1. The SMILES string of the molecule is COc1ccccc1N[C@H](C)C(=O)Nc1cc(C(C)(C)C)nn1-c1ccccc1. The van der Waals surface area contributed by atoms with Gasteiger partial charge in [0, 0.05) is 11.5 Å². The Morgan fingerprint density at radius 2 is 1.72 bits per heavy atom. The molecule has 0 bridgehead atoms. The topological polar surface area (TPSA) is 68.2 Å². The summed E-state index contributed by atoms with van der Waals surface area (Å²) < 4.78 is 7.13. The predicted octanol–water partition coefficient (Wildman–Crippen LogP) is 4.62. The molecule has 6 nitrogen and oxygen atoms in total. The first-order chi connectivity index (χ1) is 13.8. The number of para-hydroxylation sites is 3. The molecule has 0 saturated heterocycles. The normalized spacial score (nSPS) is 12.3. The Hall–Kier alpha value is -3.28. The van der Waals surface area contributed by atoms with Gasteiger partial charge in [0.1, 0.15) is 17.6 Å². The molecule has 3 aromatic rings. The van der Waals surface area contributed by atoms with Crippen LogP contribution in [0.3, 0.4) is 0 Å². The summed E-state index contributed by atoms with van der Waals surface area (Å²) in [4.78, 5) is 12.9. The molecule has 0 aliphatic rings. The summed E-state index contributed by atoms with van der Waals surface area (Å²) in [5.41, 5.74) is 2.43. The highest BCUT2D eigenvalue weighted by molar-refractivity contribution is 5.96. The highest BCUT2D eigenvalue weighted by atomic mass is 16.5. The van der Waals surface area contributed by atoms with E-state index in [2.05, 4.69) is 31.4 Å². The maximum absolute atomic E-state index is 12.9. The molecule has 0 aliphatic heterocycles. The van der Waals surface area contributed by atoms with Gasteiger partial charge in [0.15, 0.2) is 0 Å². The zero-order chi connectivity index (χ0) is 21.0. The molecule has 0 fully saturated rings. The fourth-order valence-corrected chi connectivity index (χ4v) is 2.90. The number of benzene rings is 2. The van der Waals surface area contributed by atoms with Crippen LogP contribution in [0.5, 0.6) is 5.75 Å². The van der Waals surface area contributed by atoms with Gasteiger partial charge in [0.05, 0.1) is 24.2 Å². The lowest BCUT2D eigenvalue weighted by atomic mass is 9.92. The van der Waals surface area contributed by atoms with E-state index < -0.39 is 6.04 Å². The fraction of sp³-hybridized carbons (Fsp3) is 0.304. The third-order valence-corrected chi connectivity index (χ3v) is 4.60. The van der Waals surface area contributed by atoms with E-state index in [1.807, 2.05) is 67.6 Å². The summed E-state index contributed by atoms with van der Waals surface area (Å²) in [5, 5.41) is 11.0. The van der Waals surface area contributed by atoms with Crippen LogP contribution in [0.1, 0.15) is 33.4 Å². The first kappa shape index (κ1) is 20.5. The standard InChI is InChI=1S/C23H28N4O2/c1-16(24-18-13-9-10-14-19(18)29-5)22(28)25-21-15-20(23(2,3)4)26-27(21)17-11-7-6-8-12-17/h6-16,24H,1-5H3,(H,25,28)/t16-/m1/s1. The van der Waals surface area contributed by atoms with E-state index >= 15 is 0 Å². The molecule has 1 heterocycles. The minimum absolute atomic E-state index is 0.138. The Bertz CT molecular complexity index is 974. The number of methoxy groups -OCH3 is 1. The Kier molecular flexibility index (Phi) is 5.92. The quantitative estimate of drug-likeness (QED) is 0.642. The zero-order valence-electron chi connectivity index (χ0n) is 17.6. The van der Waals surface area contributed by atoms with Gasteiger partial charge in [-0.3, -0.25) is 4.79 Å². The minimum atomic E-state index is -0.469. The number of nitrogens with zero attached hydrogens (tertiary/aromatic N) is 2. The third kappa shape index (κ3) is 4.77. The number of carbonyl (C=O) groups excluding carboxylic acids is 1. The van der Waals surface area contributed by atoms with E-state index in [0.29, 0.717) is 11.6 Å². The Labute approximate surface area is 171 Å². The molecule has 0 radical (unpaired) electrons. The second-order valence-corrected chi connectivity index (χ2v) is 7.97. The molecule has 6 heteroatoms. The lowest BCUT2D eigenvalue weighted by molar-refractivity contribution is -0.116. The van der Waals surface area contributed by atoms with Gasteiger partial charge >= 0.3 is 0 Å². The van der Waals surface area contributed by atoms with Crippen molar-refractivity contribution in [1.29, 1.82) is 0 Å². The molecule has 1 aromatic heterocycles. The first-order valence-corrected chi connectivity index (χ1v) is 9.66. The van der Waals surface area contributed by atoms with E-state index in [1.54, 1.807) is 11.8 Å². The highest BCUT2D eigenvalue weighted by Crippen LogP contribution is 2.27. The number of ether oxygens (including phenoxy) is 1. The number of hydrogen-bond donors (Lipinski definition) is 2. The smallest absolute Gasteiger partial charge is 0.247 e. The Balaban J connectivity index is 1.85. The van der Waals surface area contributed by atoms with Crippen molar-refractivity contribution in [2.75, 3.05) is 17.7 Å². The molecular formula is C23H28N4O2.